The molecule has 18 rings (SSSR count). The number of anilines is 3. The third-order valence-corrected chi connectivity index (χ3v) is 21.6. The Morgan fingerprint density at radius 3 is 1.42 bits per heavy atom. The topological polar surface area (TPSA) is 27.3 Å². The predicted octanol–water partition coefficient (Wildman–Crippen LogP) is 22.6. The first kappa shape index (κ1) is 49.5. The van der Waals surface area contributed by atoms with Crippen molar-refractivity contribution in [2.75, 3.05) is 4.90 Å². The molecule has 16 aromatic rings. The minimum Gasteiger partial charge on any atom is -0.458 e. The van der Waals surface area contributed by atoms with Crippen molar-refractivity contribution in [3.05, 3.63) is 259 Å². The summed E-state index contributed by atoms with van der Waals surface area (Å²) >= 11 is 1.80. The number of ether oxygens (including phenoxy) is 1. The maximum Gasteiger partial charge on any atom is 0.258 e. The number of hydrogen-bond donors (Lipinski definition) is 0. The average molecular weight is 1260 g/mol. The van der Waals surface area contributed by atoms with Crippen LogP contribution < -0.4 is 26.0 Å². The molecule has 0 atom stereocenters. The lowest BCUT2D eigenvalue weighted by Gasteiger charge is -2.41. The smallest absolute Gasteiger partial charge is 0.258 e. The lowest BCUT2D eigenvalue weighted by molar-refractivity contribution is 0.487. The van der Waals surface area contributed by atoms with E-state index >= 15 is 0 Å². The van der Waals surface area contributed by atoms with E-state index in [1.807, 2.05) is 18.2 Å². The van der Waals surface area contributed by atoms with Gasteiger partial charge in [0.15, 0.2) is 0 Å². The normalized spacial score (nSPS) is 14.7. The van der Waals surface area contributed by atoms with Crippen LogP contribution in [0, 0.1) is 0 Å². The van der Waals surface area contributed by atoms with Crippen molar-refractivity contribution in [3.8, 4) is 39.7 Å². The van der Waals surface area contributed by atoms with Crippen LogP contribution in [0.15, 0.2) is 236 Å². The Balaban J connectivity index is 1.02. The minimum atomic E-state index is -0.508. The molecule has 2 aliphatic heterocycles. The molecule has 0 saturated heterocycles. The van der Waals surface area contributed by atoms with Gasteiger partial charge >= 0.3 is 0 Å². The van der Waals surface area contributed by atoms with Gasteiger partial charge in [0.2, 0.25) is 0 Å². The minimum absolute atomic E-state index is 0.00703. The zero-order valence-electron chi connectivity index (χ0n) is 63.6. The van der Waals surface area contributed by atoms with Gasteiger partial charge in [-0.25, -0.2) is 0 Å². The fourth-order valence-electron chi connectivity index (χ4n) is 15.4. The average Bonchev–Trinajstić information content (AvgIpc) is 1.68. The molecular weight excluding hydrogens is 1170 g/mol. The summed E-state index contributed by atoms with van der Waals surface area (Å²) in [5, 5.41) is 6.86. The summed E-state index contributed by atoms with van der Waals surface area (Å²) in [5.74, 6) is 1.09. The highest BCUT2D eigenvalue weighted by atomic mass is 32.1. The Morgan fingerprint density at radius 2 is 0.853 bits per heavy atom. The molecule has 0 unspecified atom stereocenters. The molecule has 12 aromatic carbocycles. The number of aromatic nitrogens is 3. The van der Waals surface area contributed by atoms with Crippen LogP contribution in [0.4, 0.5) is 17.1 Å². The highest BCUT2D eigenvalue weighted by molar-refractivity contribution is 7.28. The molecule has 7 heteroatoms. The van der Waals surface area contributed by atoms with Crippen molar-refractivity contribution < 1.29 is 15.7 Å². The Hall–Kier alpha value is -10.1. The van der Waals surface area contributed by atoms with Crippen LogP contribution in [-0.4, -0.2) is 20.4 Å². The fourth-order valence-corrected chi connectivity index (χ4v) is 16.7. The van der Waals surface area contributed by atoms with E-state index in [0.29, 0.717) is 22.9 Å². The lowest BCUT2D eigenvalue weighted by Crippen LogP contribution is -2.59. The Labute approximate surface area is 571 Å². The van der Waals surface area contributed by atoms with Gasteiger partial charge in [-0.1, -0.05) is 216 Å². The van der Waals surface area contributed by atoms with Gasteiger partial charge in [-0.05, 0) is 157 Å². The van der Waals surface area contributed by atoms with E-state index in [-0.39, 0.29) is 55.6 Å². The zero-order valence-corrected chi connectivity index (χ0v) is 56.4. The quantitative estimate of drug-likeness (QED) is 0.161. The maximum absolute atomic E-state index is 9.85. The lowest BCUT2D eigenvalue weighted by atomic mass is 9.34. The van der Waals surface area contributed by atoms with Crippen LogP contribution in [-0.2, 0) is 21.7 Å². The van der Waals surface area contributed by atoms with E-state index < -0.39 is 43.0 Å². The van der Waals surface area contributed by atoms with E-state index in [4.69, 9.17) is 7.48 Å². The van der Waals surface area contributed by atoms with E-state index in [9.17, 15) is 8.22 Å². The number of hydrogen-bond acceptors (Lipinski definition) is 3. The highest BCUT2D eigenvalue weighted by Gasteiger charge is 2.45. The molecular formula is C88H75BN4OS. The summed E-state index contributed by atoms with van der Waals surface area (Å²) in [6, 6.07) is 64.9. The predicted molar refractivity (Wildman–Crippen MR) is 408 cm³/mol. The van der Waals surface area contributed by atoms with Crippen LogP contribution in [0.1, 0.15) is 116 Å². The van der Waals surface area contributed by atoms with E-state index in [0.717, 1.165) is 114 Å². The van der Waals surface area contributed by atoms with E-state index in [2.05, 4.69) is 267 Å². The molecule has 95 heavy (non-hydrogen) atoms. The van der Waals surface area contributed by atoms with Crippen molar-refractivity contribution >= 4 is 137 Å². The maximum atomic E-state index is 9.85. The molecule has 0 spiro atoms. The molecule has 0 amide bonds. The largest absolute Gasteiger partial charge is 0.458 e. The van der Waals surface area contributed by atoms with Crippen molar-refractivity contribution in [1.29, 1.82) is 0 Å². The fraction of sp³-hybridized carbons (Fsp3) is 0.182. The Morgan fingerprint density at radius 1 is 0.368 bits per heavy atom. The summed E-state index contributed by atoms with van der Waals surface area (Å²) in [6.07, 6.45) is 0. The van der Waals surface area contributed by atoms with Crippen molar-refractivity contribution in [1.82, 2.24) is 13.7 Å². The molecule has 0 radical (unpaired) electrons. The second-order valence-electron chi connectivity index (χ2n) is 30.4. The molecule has 6 heterocycles. The summed E-state index contributed by atoms with van der Waals surface area (Å²) in [5.41, 5.74) is 18.3. The van der Waals surface area contributed by atoms with Gasteiger partial charge < -0.3 is 23.3 Å². The van der Waals surface area contributed by atoms with Crippen LogP contribution in [0.25, 0.3) is 114 Å². The molecule has 0 fully saturated rings. The number of para-hydroxylation sites is 3. The molecule has 0 N–H and O–H groups in total. The van der Waals surface area contributed by atoms with Crippen LogP contribution in [0.5, 0.6) is 11.5 Å². The number of thiophene rings is 1. The third-order valence-electron chi connectivity index (χ3n) is 20.4. The Bertz CT molecular complexity index is 6230. The molecule has 0 saturated carbocycles. The molecule has 462 valence electrons. The molecule has 5 nitrogen and oxygen atoms in total. The zero-order chi connectivity index (χ0) is 71.9. The second kappa shape index (κ2) is 20.2. The van der Waals surface area contributed by atoms with Gasteiger partial charge in [0.1, 0.15) is 11.5 Å². The molecule has 4 aromatic heterocycles. The standard InChI is InChI=1S/C88H75BN4OS/c1-85(2,3)53-34-40-71-63(44-53)64-45-54(86(4,5)6)35-41-72(64)90(71)57-38-39-67-78(49-57)94-79-50-58(91-69-31-21-17-27-60(69)61-28-18-22-32-70(61)91)48-76-82(79)89(67)83-77(93(76)68-30-20-16-26-59(68)52-24-14-13-15-25-52)51-75(81-62-29-19-23-33-80(62)95-84(81)83)92-73-42-36-55(87(7,8)9)46-65(73)66-47-56(88(10,11)12)37-43-74(66)92/h13-51H,1-12H3/i17D,18D,21D,22D,27D,28D,31D,32D. The molecule has 0 bridgehead atoms. The molecule has 2 aliphatic rings. The number of fused-ring (bicyclic) bond motifs is 17. The third kappa shape index (κ3) is 8.67. The van der Waals surface area contributed by atoms with Gasteiger partial charge in [-0.3, -0.25) is 0 Å². The van der Waals surface area contributed by atoms with Gasteiger partial charge in [0.05, 0.1) is 61.1 Å². The summed E-state index contributed by atoms with van der Waals surface area (Å²) < 4.78 is 92.0. The van der Waals surface area contributed by atoms with Crippen LogP contribution >= 0.6 is 11.3 Å². The number of rotatable bonds is 5. The van der Waals surface area contributed by atoms with E-state index in [1.165, 1.54) is 22.3 Å². The molecule has 0 aliphatic carbocycles. The first-order chi connectivity index (χ1) is 49.0. The Kier molecular flexibility index (Phi) is 10.5. The van der Waals surface area contributed by atoms with Crippen molar-refractivity contribution in [2.24, 2.45) is 0 Å². The van der Waals surface area contributed by atoms with Gasteiger partial charge in [0.25, 0.3) is 6.71 Å². The number of benzene rings is 12. The first-order valence-corrected chi connectivity index (χ1v) is 33.9. The van der Waals surface area contributed by atoms with E-state index in [1.54, 1.807) is 15.9 Å². The first-order valence-electron chi connectivity index (χ1n) is 37.1. The van der Waals surface area contributed by atoms with Gasteiger partial charge in [-0.15, -0.1) is 11.3 Å². The summed E-state index contributed by atoms with van der Waals surface area (Å²) in [6.45, 7) is 26.7. The van der Waals surface area contributed by atoms with Crippen LogP contribution in [0.3, 0.4) is 0 Å². The monoisotopic (exact) mass is 1250 g/mol. The summed E-state index contributed by atoms with van der Waals surface area (Å²) in [7, 11) is 0. The SMILES string of the molecule is [2H]c1c([2H])c([2H])c2c(c1[2H])c1c([2H])c([2H])c([2H])c([2H])c1n2-c1cc2c3c(c1)N(c1ccccc1-c1ccccc1)c1cc(-n4c5ccc(C(C)(C)C)cc5c5cc(C(C)(C)C)ccc54)c4c(sc5ccccc54)c1B3c1ccc(-n3c4ccc(C(C)(C)C)cc4c4cc(C(C)(C)C)ccc43)cc1O2. The highest BCUT2D eigenvalue weighted by Crippen LogP contribution is 2.52. The van der Waals surface area contributed by atoms with Gasteiger partial charge in [-0.2, -0.15) is 0 Å². The van der Waals surface area contributed by atoms with Crippen molar-refractivity contribution in [2.45, 2.75) is 105 Å². The van der Waals surface area contributed by atoms with Crippen molar-refractivity contribution in [3.63, 3.8) is 0 Å². The summed E-state index contributed by atoms with van der Waals surface area (Å²) in [4.78, 5) is 2.37. The number of nitrogens with zero attached hydrogens (tertiary/aromatic N) is 4. The van der Waals surface area contributed by atoms with Crippen LogP contribution in [0.2, 0.25) is 0 Å². The van der Waals surface area contributed by atoms with Gasteiger partial charge in [0, 0.05) is 87.2 Å². The second-order valence-corrected chi connectivity index (χ2v) is 31.4.